The van der Waals surface area contributed by atoms with Crippen LogP contribution in [0.25, 0.3) is 6.08 Å². The molecule has 2 heterocycles. The number of hydrogen-bond donors (Lipinski definition) is 3. The SMILES string of the molecule is CC[NH+]1CC[NH+](Cc2c(O)ccc3c2O/C(=C\c2ccccc2C)C3=O)CC1. The number of aromatic hydroxyl groups is 1. The van der Waals surface area contributed by atoms with Crippen LogP contribution in [0.1, 0.15) is 34.0 Å². The molecule has 1 saturated heterocycles. The van der Waals surface area contributed by atoms with Gasteiger partial charge in [0.15, 0.2) is 11.5 Å². The van der Waals surface area contributed by atoms with Crippen molar-refractivity contribution in [2.24, 2.45) is 0 Å². The number of fused-ring (bicyclic) bond motifs is 1. The second-order valence-electron chi connectivity index (χ2n) is 7.77. The van der Waals surface area contributed by atoms with Gasteiger partial charge in [-0.25, -0.2) is 0 Å². The number of ether oxygens (including phenoxy) is 1. The van der Waals surface area contributed by atoms with Crippen LogP contribution in [0.15, 0.2) is 42.2 Å². The number of rotatable bonds is 4. The third-order valence-corrected chi connectivity index (χ3v) is 5.98. The van der Waals surface area contributed by atoms with E-state index in [1.165, 1.54) is 4.90 Å². The predicted octanol–water partition coefficient (Wildman–Crippen LogP) is 0.620. The molecule has 0 amide bonds. The molecule has 1 fully saturated rings. The van der Waals surface area contributed by atoms with Gasteiger partial charge in [-0.15, -0.1) is 0 Å². The smallest absolute Gasteiger partial charge is 0.231 e. The van der Waals surface area contributed by atoms with Gasteiger partial charge in [-0.2, -0.15) is 0 Å². The third kappa shape index (κ3) is 3.55. The fraction of sp³-hybridized carbons (Fsp3) is 0.348. The number of ketones is 1. The first-order valence-electron chi connectivity index (χ1n) is 10.1. The highest BCUT2D eigenvalue weighted by Gasteiger charge is 2.33. The summed E-state index contributed by atoms with van der Waals surface area (Å²) in [6.45, 7) is 10.5. The number of phenolic OH excluding ortho intramolecular Hbond substituents is 1. The van der Waals surface area contributed by atoms with E-state index in [-0.39, 0.29) is 11.5 Å². The quantitative estimate of drug-likeness (QED) is 0.682. The average Bonchev–Trinajstić information content (AvgIpc) is 3.02. The van der Waals surface area contributed by atoms with Crippen molar-refractivity contribution in [3.05, 3.63) is 64.4 Å². The number of allylic oxidation sites excluding steroid dienone is 1. The molecular formula is C23H28N2O3+2. The molecule has 0 radical (unpaired) electrons. The Balaban J connectivity index is 1.60. The van der Waals surface area contributed by atoms with Crippen LogP contribution in [-0.4, -0.2) is 43.6 Å². The summed E-state index contributed by atoms with van der Waals surface area (Å²) >= 11 is 0. The van der Waals surface area contributed by atoms with Gasteiger partial charge in [0.05, 0.1) is 17.7 Å². The average molecular weight is 380 g/mol. The molecule has 28 heavy (non-hydrogen) atoms. The lowest BCUT2D eigenvalue weighted by atomic mass is 10.0. The number of aryl methyl sites for hydroxylation is 1. The number of carbonyl (C=O) groups is 1. The topological polar surface area (TPSA) is 55.4 Å². The van der Waals surface area contributed by atoms with E-state index in [9.17, 15) is 9.90 Å². The Morgan fingerprint density at radius 3 is 2.50 bits per heavy atom. The zero-order valence-electron chi connectivity index (χ0n) is 16.5. The van der Waals surface area contributed by atoms with Gasteiger partial charge in [-0.05, 0) is 43.2 Å². The number of phenols is 1. The molecule has 146 valence electrons. The van der Waals surface area contributed by atoms with Crippen molar-refractivity contribution < 1.29 is 24.4 Å². The third-order valence-electron chi connectivity index (χ3n) is 5.98. The summed E-state index contributed by atoms with van der Waals surface area (Å²) in [5.41, 5.74) is 3.35. The number of carbonyl (C=O) groups excluding carboxylic acids is 1. The van der Waals surface area contributed by atoms with Crippen LogP contribution in [0.4, 0.5) is 0 Å². The van der Waals surface area contributed by atoms with Crippen LogP contribution in [0, 0.1) is 6.92 Å². The summed E-state index contributed by atoms with van der Waals surface area (Å²) < 4.78 is 6.01. The van der Waals surface area contributed by atoms with E-state index in [0.717, 1.165) is 49.4 Å². The molecule has 4 rings (SSSR count). The Morgan fingerprint density at radius 2 is 1.79 bits per heavy atom. The summed E-state index contributed by atoms with van der Waals surface area (Å²) in [5.74, 6) is 0.949. The van der Waals surface area contributed by atoms with Crippen molar-refractivity contribution in [1.29, 1.82) is 0 Å². The van der Waals surface area contributed by atoms with E-state index in [4.69, 9.17) is 4.74 Å². The second kappa shape index (κ2) is 7.78. The van der Waals surface area contributed by atoms with Gasteiger partial charge in [0, 0.05) is 0 Å². The van der Waals surface area contributed by atoms with Crippen molar-refractivity contribution in [2.75, 3.05) is 32.7 Å². The molecular weight excluding hydrogens is 352 g/mol. The normalized spacial score (nSPS) is 22.9. The molecule has 0 aromatic heterocycles. The van der Waals surface area contributed by atoms with Crippen molar-refractivity contribution in [1.82, 2.24) is 0 Å². The molecule has 5 heteroatoms. The molecule has 0 aliphatic carbocycles. The molecule has 0 bridgehead atoms. The van der Waals surface area contributed by atoms with E-state index < -0.39 is 0 Å². The maximum Gasteiger partial charge on any atom is 0.231 e. The molecule has 0 spiro atoms. The molecule has 3 N–H and O–H groups in total. The Hall–Kier alpha value is -2.63. The first kappa shape index (κ1) is 18.7. The van der Waals surface area contributed by atoms with Gasteiger partial charge < -0.3 is 19.6 Å². The Morgan fingerprint density at radius 1 is 1.07 bits per heavy atom. The van der Waals surface area contributed by atoms with E-state index >= 15 is 0 Å². The van der Waals surface area contributed by atoms with Gasteiger partial charge in [0.25, 0.3) is 0 Å². The molecule has 2 aliphatic heterocycles. The molecule has 5 nitrogen and oxygen atoms in total. The van der Waals surface area contributed by atoms with Crippen molar-refractivity contribution in [3.8, 4) is 11.5 Å². The lowest BCUT2D eigenvalue weighted by Gasteiger charge is -2.29. The van der Waals surface area contributed by atoms with Gasteiger partial charge in [0.1, 0.15) is 38.5 Å². The Kier molecular flexibility index (Phi) is 5.20. The van der Waals surface area contributed by atoms with E-state index in [0.29, 0.717) is 23.6 Å². The molecule has 0 atom stereocenters. The highest BCUT2D eigenvalue weighted by atomic mass is 16.5. The molecule has 2 aromatic carbocycles. The highest BCUT2D eigenvalue weighted by molar-refractivity contribution is 6.15. The monoisotopic (exact) mass is 380 g/mol. The fourth-order valence-corrected chi connectivity index (χ4v) is 4.10. The summed E-state index contributed by atoms with van der Waals surface area (Å²) in [5, 5.41) is 10.5. The minimum absolute atomic E-state index is 0.116. The summed E-state index contributed by atoms with van der Waals surface area (Å²) in [7, 11) is 0. The van der Waals surface area contributed by atoms with Gasteiger partial charge >= 0.3 is 0 Å². The minimum atomic E-state index is -0.116. The van der Waals surface area contributed by atoms with Crippen LogP contribution < -0.4 is 14.5 Å². The summed E-state index contributed by atoms with van der Waals surface area (Å²) in [4.78, 5) is 15.9. The van der Waals surface area contributed by atoms with E-state index in [1.54, 1.807) is 23.1 Å². The number of piperazine rings is 1. The Labute approximate surface area is 165 Å². The zero-order valence-corrected chi connectivity index (χ0v) is 16.5. The molecule has 0 unspecified atom stereocenters. The number of nitrogens with one attached hydrogen (secondary N) is 2. The lowest BCUT2D eigenvalue weighted by Crippen LogP contribution is -3.27. The number of quaternary nitrogens is 2. The zero-order chi connectivity index (χ0) is 19.7. The molecule has 0 saturated carbocycles. The lowest BCUT2D eigenvalue weighted by molar-refractivity contribution is -1.02. The maximum atomic E-state index is 12.9. The number of Topliss-reactive ketones (excluding diaryl/α,β-unsaturated/α-hetero) is 1. The van der Waals surface area contributed by atoms with Crippen LogP contribution in [0.5, 0.6) is 11.5 Å². The van der Waals surface area contributed by atoms with Crippen molar-refractivity contribution >= 4 is 11.9 Å². The second-order valence-corrected chi connectivity index (χ2v) is 7.77. The molecule has 2 aromatic rings. The number of benzene rings is 2. The first-order valence-corrected chi connectivity index (χ1v) is 10.1. The van der Waals surface area contributed by atoms with Crippen LogP contribution >= 0.6 is 0 Å². The largest absolute Gasteiger partial charge is 0.507 e. The van der Waals surface area contributed by atoms with Crippen molar-refractivity contribution in [3.63, 3.8) is 0 Å². The fourth-order valence-electron chi connectivity index (χ4n) is 4.10. The first-order chi connectivity index (χ1) is 13.6. The van der Waals surface area contributed by atoms with Crippen LogP contribution in [0.3, 0.4) is 0 Å². The van der Waals surface area contributed by atoms with Gasteiger partial charge in [-0.3, -0.25) is 4.79 Å². The standard InChI is InChI=1S/C23H26N2O3/c1-3-24-10-12-25(13-11-24)15-19-20(26)9-8-18-22(27)21(28-23(18)19)14-17-7-5-4-6-16(17)2/h4-9,14,26H,3,10-13,15H2,1-2H3/p+2/b21-14-. The van der Waals surface area contributed by atoms with Gasteiger partial charge in [0.2, 0.25) is 5.78 Å². The van der Waals surface area contributed by atoms with Crippen molar-refractivity contribution in [2.45, 2.75) is 20.4 Å². The number of likely N-dealkylation sites (N-methyl/N-ethyl adjacent to an activating group) is 1. The Bertz CT molecular complexity index is 927. The van der Waals surface area contributed by atoms with Gasteiger partial charge in [-0.1, -0.05) is 24.3 Å². The van der Waals surface area contributed by atoms with Crippen LogP contribution in [-0.2, 0) is 6.54 Å². The maximum absolute atomic E-state index is 12.9. The molecule has 2 aliphatic rings. The van der Waals surface area contributed by atoms with Crippen LogP contribution in [0.2, 0.25) is 0 Å². The summed E-state index contributed by atoms with van der Waals surface area (Å²) in [6.07, 6.45) is 1.80. The number of hydrogen-bond acceptors (Lipinski definition) is 3. The summed E-state index contributed by atoms with van der Waals surface area (Å²) in [6, 6.07) is 11.2. The predicted molar refractivity (Wildman–Crippen MR) is 108 cm³/mol. The minimum Gasteiger partial charge on any atom is -0.507 e. The van der Waals surface area contributed by atoms with E-state index in [2.05, 4.69) is 6.92 Å². The van der Waals surface area contributed by atoms with E-state index in [1.807, 2.05) is 31.2 Å². The highest BCUT2D eigenvalue weighted by Crippen LogP contribution is 2.39.